The van der Waals surface area contributed by atoms with Crippen LogP contribution >= 0.6 is 0 Å². The Balaban J connectivity index is 1.22. The van der Waals surface area contributed by atoms with E-state index >= 15 is 4.39 Å². The minimum Gasteiger partial charge on any atom is -0.508 e. The fourth-order valence-corrected chi connectivity index (χ4v) is 7.53. The number of likely N-dealkylation sites (tertiary alicyclic amines) is 1. The molecule has 7 nitrogen and oxygen atoms in total. The van der Waals surface area contributed by atoms with E-state index in [1.165, 1.54) is 24.3 Å². The number of hydrogen-bond acceptors (Lipinski definition) is 7. The second kappa shape index (κ2) is 10.8. The number of nitrogens with zero attached hydrogens (tertiary/aromatic N) is 4. The number of aromatic hydroxyl groups is 1. The molecular weight excluding hydrogens is 579 g/mol. The van der Waals surface area contributed by atoms with E-state index in [9.17, 15) is 13.9 Å². The molecule has 232 valence electrons. The first-order valence-corrected chi connectivity index (χ1v) is 15.7. The number of aromatic nitrogens is 2. The van der Waals surface area contributed by atoms with Gasteiger partial charge in [-0.2, -0.15) is 9.97 Å². The highest BCUT2D eigenvalue weighted by molar-refractivity contribution is 6.04. The van der Waals surface area contributed by atoms with Crippen molar-refractivity contribution in [3.05, 3.63) is 53.6 Å². The van der Waals surface area contributed by atoms with Crippen LogP contribution in [-0.2, 0) is 0 Å². The lowest BCUT2D eigenvalue weighted by Gasteiger charge is -2.34. The van der Waals surface area contributed by atoms with Gasteiger partial charge in [0.2, 0.25) is 0 Å². The molecule has 45 heavy (non-hydrogen) atoms. The first kappa shape index (κ1) is 28.4. The molecule has 3 atom stereocenters. The Morgan fingerprint density at radius 3 is 2.53 bits per heavy atom. The van der Waals surface area contributed by atoms with Gasteiger partial charge in [0.05, 0.1) is 12.2 Å². The van der Waals surface area contributed by atoms with E-state index in [4.69, 9.17) is 16.1 Å². The molecule has 4 heterocycles. The lowest BCUT2D eigenvalue weighted by Crippen LogP contribution is -2.51. The van der Waals surface area contributed by atoms with E-state index in [1.54, 1.807) is 12.1 Å². The Labute approximate surface area is 259 Å². The number of anilines is 1. The molecule has 1 aliphatic carbocycles. The number of phenols is 1. The summed E-state index contributed by atoms with van der Waals surface area (Å²) in [5, 5.41) is 15.6. The number of alkyl halides is 1. The molecule has 4 aromatic rings. The molecule has 4 aliphatic rings. The lowest BCUT2D eigenvalue weighted by atomic mass is 9.93. The third-order valence-corrected chi connectivity index (χ3v) is 10.0. The van der Waals surface area contributed by atoms with Gasteiger partial charge in [-0.25, -0.2) is 13.2 Å². The van der Waals surface area contributed by atoms with Gasteiger partial charge in [0.25, 0.3) is 0 Å². The maximum atomic E-state index is 16.8. The topological polar surface area (TPSA) is 73.8 Å². The van der Waals surface area contributed by atoms with Crippen LogP contribution in [0.4, 0.5) is 19.0 Å². The third kappa shape index (κ3) is 5.12. The molecule has 4 fully saturated rings. The minimum absolute atomic E-state index is 0.00231. The van der Waals surface area contributed by atoms with Crippen LogP contribution in [0.2, 0.25) is 0 Å². The summed E-state index contributed by atoms with van der Waals surface area (Å²) in [5.74, 6) is 1.68. The number of terminal acetylenes is 1. The second-order valence-electron chi connectivity index (χ2n) is 13.3. The van der Waals surface area contributed by atoms with E-state index < -0.39 is 17.8 Å². The summed E-state index contributed by atoms with van der Waals surface area (Å²) < 4.78 is 51.7. The Morgan fingerprint density at radius 2 is 1.82 bits per heavy atom. The molecular formula is C35H34F3N5O2. The standard InChI is InChI=1S/C35H34F3N5O2/c1-2-25-29(37)8-3-20-13-24(44)14-28(30(20)25)26-6-7-27-32(31(26)38)40-34(41-33(27)43-16-22-4-5-23(17-43)39-22)45-19-35(10-11-35)18-42-12-9-21(36)15-42/h1,3,6-8,13-14,21-23,39,44H,4-5,9-12,15-19H2/t21-,22?,23?/m0/s1. The molecule has 3 saturated heterocycles. The predicted molar refractivity (Wildman–Crippen MR) is 167 cm³/mol. The zero-order chi connectivity index (χ0) is 30.9. The third-order valence-electron chi connectivity index (χ3n) is 10.0. The Hall–Kier alpha value is -4.07. The summed E-state index contributed by atoms with van der Waals surface area (Å²) in [6, 6.07) is 9.78. The predicted octanol–water partition coefficient (Wildman–Crippen LogP) is 5.56. The van der Waals surface area contributed by atoms with Crippen molar-refractivity contribution >= 4 is 27.5 Å². The van der Waals surface area contributed by atoms with E-state index in [1.807, 2.05) is 0 Å². The van der Waals surface area contributed by atoms with Crippen molar-refractivity contribution in [2.45, 2.75) is 50.4 Å². The Morgan fingerprint density at radius 1 is 1.02 bits per heavy atom. The quantitative estimate of drug-likeness (QED) is 0.265. The molecule has 1 saturated carbocycles. The Bertz CT molecular complexity index is 1860. The van der Waals surface area contributed by atoms with Crippen LogP contribution in [0, 0.1) is 29.4 Å². The summed E-state index contributed by atoms with van der Waals surface area (Å²) in [4.78, 5) is 13.8. The highest BCUT2D eigenvalue weighted by atomic mass is 19.1. The van der Waals surface area contributed by atoms with Crippen LogP contribution in [0.5, 0.6) is 11.8 Å². The lowest BCUT2D eigenvalue weighted by molar-refractivity contribution is 0.165. The highest BCUT2D eigenvalue weighted by Gasteiger charge is 2.46. The molecule has 1 aromatic heterocycles. The van der Waals surface area contributed by atoms with Crippen LogP contribution in [0.25, 0.3) is 32.8 Å². The molecule has 0 amide bonds. The fraction of sp³-hybridized carbons (Fsp3) is 0.429. The smallest absolute Gasteiger partial charge is 0.319 e. The minimum atomic E-state index is -0.781. The normalized spacial score (nSPS) is 24.0. The summed E-state index contributed by atoms with van der Waals surface area (Å²) in [7, 11) is 0. The van der Waals surface area contributed by atoms with Gasteiger partial charge in [-0.1, -0.05) is 18.1 Å². The molecule has 2 bridgehead atoms. The van der Waals surface area contributed by atoms with E-state index in [2.05, 4.69) is 26.0 Å². The zero-order valence-corrected chi connectivity index (χ0v) is 24.8. The molecule has 2 unspecified atom stereocenters. The fourth-order valence-electron chi connectivity index (χ4n) is 7.53. The molecule has 10 heteroatoms. The van der Waals surface area contributed by atoms with Gasteiger partial charge >= 0.3 is 6.01 Å². The van der Waals surface area contributed by atoms with Gasteiger partial charge in [-0.05, 0) is 67.3 Å². The van der Waals surface area contributed by atoms with Gasteiger partial charge in [0.1, 0.15) is 29.1 Å². The number of fused-ring (bicyclic) bond motifs is 4. The van der Waals surface area contributed by atoms with Gasteiger partial charge in [0.15, 0.2) is 5.82 Å². The van der Waals surface area contributed by atoms with Crippen molar-refractivity contribution in [3.8, 4) is 35.2 Å². The van der Waals surface area contributed by atoms with Gasteiger partial charge in [0, 0.05) is 66.6 Å². The number of ether oxygens (including phenoxy) is 1. The van der Waals surface area contributed by atoms with Crippen molar-refractivity contribution in [3.63, 3.8) is 0 Å². The van der Waals surface area contributed by atoms with E-state index in [0.717, 1.165) is 51.9 Å². The van der Waals surface area contributed by atoms with Crippen molar-refractivity contribution in [2.75, 3.05) is 44.2 Å². The zero-order valence-electron chi connectivity index (χ0n) is 24.8. The van der Waals surface area contributed by atoms with Gasteiger partial charge in [-0.15, -0.1) is 6.42 Å². The molecule has 0 radical (unpaired) electrons. The first-order chi connectivity index (χ1) is 21.8. The van der Waals surface area contributed by atoms with E-state index in [-0.39, 0.29) is 39.4 Å². The van der Waals surface area contributed by atoms with E-state index in [0.29, 0.717) is 53.6 Å². The number of piperazine rings is 1. The van der Waals surface area contributed by atoms with Crippen molar-refractivity contribution < 1.29 is 23.0 Å². The Kier molecular flexibility index (Phi) is 6.80. The molecule has 2 N–H and O–H groups in total. The number of benzene rings is 3. The van der Waals surface area contributed by atoms with Crippen molar-refractivity contribution in [2.24, 2.45) is 5.41 Å². The summed E-state index contributed by atoms with van der Waals surface area (Å²) in [6.07, 6.45) is 9.57. The van der Waals surface area contributed by atoms with Crippen molar-refractivity contribution in [1.82, 2.24) is 20.2 Å². The van der Waals surface area contributed by atoms with Crippen molar-refractivity contribution in [1.29, 1.82) is 0 Å². The highest BCUT2D eigenvalue weighted by Crippen LogP contribution is 2.47. The number of nitrogens with one attached hydrogen (secondary N) is 1. The molecule has 3 aliphatic heterocycles. The SMILES string of the molecule is C#Cc1c(F)ccc2cc(O)cc(-c3ccc4c(N5CC6CCC(C5)N6)nc(OCC5(CN6CC[C@H](F)C6)CC5)nc4c3F)c12. The average Bonchev–Trinajstić information content (AvgIpc) is 3.55. The summed E-state index contributed by atoms with van der Waals surface area (Å²) >= 11 is 0. The number of phenolic OH excluding ortho intramolecular Hbond substituents is 1. The van der Waals surface area contributed by atoms with Crippen LogP contribution in [-0.4, -0.2) is 77.6 Å². The van der Waals surface area contributed by atoms with Gasteiger partial charge < -0.3 is 20.1 Å². The average molecular weight is 614 g/mol. The number of hydrogen-bond donors (Lipinski definition) is 2. The molecule has 0 spiro atoms. The van der Waals surface area contributed by atoms with Crippen LogP contribution < -0.4 is 15.0 Å². The summed E-state index contributed by atoms with van der Waals surface area (Å²) in [5.41, 5.74) is 0.395. The van der Waals surface area contributed by atoms with Gasteiger partial charge in [-0.3, -0.25) is 4.90 Å². The van der Waals surface area contributed by atoms with Crippen LogP contribution in [0.3, 0.4) is 0 Å². The maximum absolute atomic E-state index is 16.8. The number of rotatable bonds is 7. The van der Waals surface area contributed by atoms with Crippen LogP contribution in [0.1, 0.15) is 37.7 Å². The monoisotopic (exact) mass is 613 g/mol. The van der Waals surface area contributed by atoms with Crippen LogP contribution in [0.15, 0.2) is 36.4 Å². The summed E-state index contributed by atoms with van der Waals surface area (Å²) in [6.45, 7) is 3.78. The molecule has 8 rings (SSSR count). The molecule has 3 aromatic carbocycles. The largest absolute Gasteiger partial charge is 0.508 e. The second-order valence-corrected chi connectivity index (χ2v) is 13.3. The first-order valence-electron chi connectivity index (χ1n) is 15.7. The number of halogens is 3. The maximum Gasteiger partial charge on any atom is 0.319 e.